The molecule has 1 aliphatic carbocycles. The number of carbonyl (C=O) groups excluding carboxylic acids is 1. The SMILES string of the molecule is Nc1ccccc1CCC(=O)Nc1ccc(OCC2CC2)cc1. The Hall–Kier alpha value is -2.49. The van der Waals surface area contributed by atoms with Gasteiger partial charge in [0.15, 0.2) is 0 Å². The molecule has 3 rings (SSSR count). The normalized spacial score (nSPS) is 13.6. The molecule has 23 heavy (non-hydrogen) atoms. The molecule has 1 fully saturated rings. The van der Waals surface area contributed by atoms with Crippen LogP contribution in [0.3, 0.4) is 0 Å². The molecule has 0 unspecified atom stereocenters. The van der Waals surface area contributed by atoms with Gasteiger partial charge in [-0.25, -0.2) is 0 Å². The van der Waals surface area contributed by atoms with Crippen LogP contribution in [0.2, 0.25) is 0 Å². The van der Waals surface area contributed by atoms with Crippen LogP contribution in [0.5, 0.6) is 5.75 Å². The maximum Gasteiger partial charge on any atom is 0.224 e. The van der Waals surface area contributed by atoms with Crippen LogP contribution in [0.25, 0.3) is 0 Å². The first-order chi connectivity index (χ1) is 11.2. The van der Waals surface area contributed by atoms with E-state index in [1.807, 2.05) is 48.5 Å². The average Bonchev–Trinajstić information content (AvgIpc) is 3.38. The molecular weight excluding hydrogens is 288 g/mol. The van der Waals surface area contributed by atoms with Gasteiger partial charge in [0.25, 0.3) is 0 Å². The molecule has 0 spiro atoms. The minimum Gasteiger partial charge on any atom is -0.493 e. The smallest absolute Gasteiger partial charge is 0.224 e. The molecule has 120 valence electrons. The Labute approximate surface area is 136 Å². The highest BCUT2D eigenvalue weighted by Crippen LogP contribution is 2.29. The summed E-state index contributed by atoms with van der Waals surface area (Å²) in [6.45, 7) is 0.796. The Morgan fingerprint density at radius 1 is 1.13 bits per heavy atom. The van der Waals surface area contributed by atoms with Gasteiger partial charge in [0.05, 0.1) is 6.61 Å². The minimum atomic E-state index is -0.0140. The molecular formula is C19H22N2O2. The van der Waals surface area contributed by atoms with Crippen LogP contribution in [0, 0.1) is 5.92 Å². The predicted molar refractivity (Wildman–Crippen MR) is 92.5 cm³/mol. The number of ether oxygens (including phenoxy) is 1. The molecule has 0 saturated heterocycles. The van der Waals surface area contributed by atoms with E-state index in [1.54, 1.807) is 0 Å². The van der Waals surface area contributed by atoms with Gasteiger partial charge in [-0.05, 0) is 61.1 Å². The predicted octanol–water partition coefficient (Wildman–Crippen LogP) is 3.63. The standard InChI is InChI=1S/C19H22N2O2/c20-18-4-2-1-3-15(18)7-12-19(22)21-16-8-10-17(11-9-16)23-13-14-5-6-14/h1-4,8-11,14H,5-7,12-13,20H2,(H,21,22). The molecule has 0 radical (unpaired) electrons. The lowest BCUT2D eigenvalue weighted by Gasteiger charge is -2.09. The first-order valence-corrected chi connectivity index (χ1v) is 8.07. The molecule has 0 aliphatic heterocycles. The maximum absolute atomic E-state index is 12.0. The molecule has 2 aromatic rings. The average molecular weight is 310 g/mol. The van der Waals surface area contributed by atoms with Crippen LogP contribution in [0.4, 0.5) is 11.4 Å². The van der Waals surface area contributed by atoms with Crippen molar-refractivity contribution in [2.75, 3.05) is 17.7 Å². The zero-order chi connectivity index (χ0) is 16.1. The first-order valence-electron chi connectivity index (χ1n) is 8.07. The second kappa shape index (κ2) is 7.18. The van der Waals surface area contributed by atoms with Gasteiger partial charge in [0.1, 0.15) is 5.75 Å². The van der Waals surface area contributed by atoms with Crippen molar-refractivity contribution in [3.05, 3.63) is 54.1 Å². The summed E-state index contributed by atoms with van der Waals surface area (Å²) in [4.78, 5) is 12.0. The van der Waals surface area contributed by atoms with E-state index in [2.05, 4.69) is 5.32 Å². The van der Waals surface area contributed by atoms with Crippen molar-refractivity contribution in [1.82, 2.24) is 0 Å². The molecule has 0 bridgehead atoms. The van der Waals surface area contributed by atoms with E-state index in [9.17, 15) is 4.79 Å². The summed E-state index contributed by atoms with van der Waals surface area (Å²) in [6, 6.07) is 15.2. The number of rotatable bonds is 7. The number of para-hydroxylation sites is 1. The fraction of sp³-hybridized carbons (Fsp3) is 0.316. The van der Waals surface area contributed by atoms with Gasteiger partial charge < -0.3 is 15.8 Å². The van der Waals surface area contributed by atoms with Crippen molar-refractivity contribution in [2.24, 2.45) is 5.92 Å². The van der Waals surface area contributed by atoms with Gasteiger partial charge in [0, 0.05) is 17.8 Å². The van der Waals surface area contributed by atoms with Crippen LogP contribution in [0.15, 0.2) is 48.5 Å². The van der Waals surface area contributed by atoms with Crippen molar-refractivity contribution < 1.29 is 9.53 Å². The number of carbonyl (C=O) groups is 1. The topological polar surface area (TPSA) is 64.4 Å². The second-order valence-electron chi connectivity index (χ2n) is 6.03. The lowest BCUT2D eigenvalue weighted by atomic mass is 10.1. The number of hydrogen-bond donors (Lipinski definition) is 2. The highest BCUT2D eigenvalue weighted by molar-refractivity contribution is 5.90. The fourth-order valence-corrected chi connectivity index (χ4v) is 2.37. The van der Waals surface area contributed by atoms with Crippen LogP contribution in [-0.4, -0.2) is 12.5 Å². The molecule has 1 amide bonds. The summed E-state index contributed by atoms with van der Waals surface area (Å²) >= 11 is 0. The number of nitrogens with two attached hydrogens (primary N) is 1. The number of benzene rings is 2. The summed E-state index contributed by atoms with van der Waals surface area (Å²) in [5, 5.41) is 2.90. The van der Waals surface area contributed by atoms with Gasteiger partial charge in [-0.3, -0.25) is 4.79 Å². The van der Waals surface area contributed by atoms with Crippen molar-refractivity contribution in [3.63, 3.8) is 0 Å². The highest BCUT2D eigenvalue weighted by atomic mass is 16.5. The van der Waals surface area contributed by atoms with Gasteiger partial charge in [-0.1, -0.05) is 18.2 Å². The third kappa shape index (κ3) is 4.74. The molecule has 0 aromatic heterocycles. The third-order valence-corrected chi connectivity index (χ3v) is 4.00. The van der Waals surface area contributed by atoms with Crippen LogP contribution in [0.1, 0.15) is 24.8 Å². The maximum atomic E-state index is 12.0. The summed E-state index contributed by atoms with van der Waals surface area (Å²) in [5.41, 5.74) is 8.41. The fourth-order valence-electron chi connectivity index (χ4n) is 2.37. The molecule has 3 N–H and O–H groups in total. The Balaban J connectivity index is 1.46. The van der Waals surface area contributed by atoms with Crippen molar-refractivity contribution in [1.29, 1.82) is 0 Å². The number of aryl methyl sites for hydroxylation is 1. The zero-order valence-electron chi connectivity index (χ0n) is 13.1. The summed E-state index contributed by atoms with van der Waals surface area (Å²) < 4.78 is 5.68. The Kier molecular flexibility index (Phi) is 4.81. The largest absolute Gasteiger partial charge is 0.493 e. The van der Waals surface area contributed by atoms with E-state index in [-0.39, 0.29) is 5.91 Å². The monoisotopic (exact) mass is 310 g/mol. The van der Waals surface area contributed by atoms with E-state index < -0.39 is 0 Å². The Morgan fingerprint density at radius 3 is 2.57 bits per heavy atom. The van der Waals surface area contributed by atoms with Crippen LogP contribution in [-0.2, 0) is 11.2 Å². The zero-order valence-corrected chi connectivity index (χ0v) is 13.1. The quantitative estimate of drug-likeness (QED) is 0.768. The van der Waals surface area contributed by atoms with Crippen molar-refractivity contribution in [3.8, 4) is 5.75 Å². The van der Waals surface area contributed by atoms with Gasteiger partial charge >= 0.3 is 0 Å². The number of amides is 1. The van der Waals surface area contributed by atoms with Gasteiger partial charge in [-0.15, -0.1) is 0 Å². The van der Waals surface area contributed by atoms with Gasteiger partial charge in [-0.2, -0.15) is 0 Å². The lowest BCUT2D eigenvalue weighted by molar-refractivity contribution is -0.116. The second-order valence-corrected chi connectivity index (χ2v) is 6.03. The van der Waals surface area contributed by atoms with E-state index in [0.717, 1.165) is 35.2 Å². The molecule has 0 atom stereocenters. The summed E-state index contributed by atoms with van der Waals surface area (Å²) in [6.07, 6.45) is 3.61. The third-order valence-electron chi connectivity index (χ3n) is 4.00. The van der Waals surface area contributed by atoms with Crippen molar-refractivity contribution >= 4 is 17.3 Å². The summed E-state index contributed by atoms with van der Waals surface area (Å²) in [5.74, 6) is 1.58. The number of hydrogen-bond acceptors (Lipinski definition) is 3. The van der Waals surface area contributed by atoms with Crippen LogP contribution >= 0.6 is 0 Å². The van der Waals surface area contributed by atoms with E-state index >= 15 is 0 Å². The number of anilines is 2. The van der Waals surface area contributed by atoms with Crippen molar-refractivity contribution in [2.45, 2.75) is 25.7 Å². The molecule has 1 saturated carbocycles. The Morgan fingerprint density at radius 2 is 1.87 bits per heavy atom. The Bertz CT molecular complexity index is 663. The number of nitrogens with one attached hydrogen (secondary N) is 1. The van der Waals surface area contributed by atoms with Crippen LogP contribution < -0.4 is 15.8 Å². The van der Waals surface area contributed by atoms with E-state index in [4.69, 9.17) is 10.5 Å². The highest BCUT2D eigenvalue weighted by Gasteiger charge is 2.21. The molecule has 1 aliphatic rings. The molecule has 2 aromatic carbocycles. The molecule has 4 heteroatoms. The van der Waals surface area contributed by atoms with E-state index in [0.29, 0.717) is 12.8 Å². The number of nitrogen functional groups attached to an aromatic ring is 1. The lowest BCUT2D eigenvalue weighted by Crippen LogP contribution is -2.12. The van der Waals surface area contributed by atoms with Gasteiger partial charge in [0.2, 0.25) is 5.91 Å². The first kappa shape index (κ1) is 15.4. The molecule has 0 heterocycles. The molecule has 4 nitrogen and oxygen atoms in total. The summed E-state index contributed by atoms with van der Waals surface area (Å²) in [7, 11) is 0. The van der Waals surface area contributed by atoms with E-state index in [1.165, 1.54) is 12.8 Å². The minimum absolute atomic E-state index is 0.0140.